The van der Waals surface area contributed by atoms with Gasteiger partial charge in [-0.3, -0.25) is 14.4 Å². The fraction of sp³-hybridized carbons (Fsp3) is 0.348. The molecule has 5 rings (SSSR count). The number of ether oxygens (including phenoxy) is 2. The van der Waals surface area contributed by atoms with Crippen molar-refractivity contribution in [1.29, 1.82) is 0 Å². The first kappa shape index (κ1) is 20.1. The zero-order valence-corrected chi connectivity index (χ0v) is 18.3. The van der Waals surface area contributed by atoms with Gasteiger partial charge in [0.15, 0.2) is 0 Å². The molecule has 2 N–H and O–H groups in total. The lowest BCUT2D eigenvalue weighted by Crippen LogP contribution is -2.40. The maximum absolute atomic E-state index is 13.1. The Bertz CT molecular complexity index is 1070. The second kappa shape index (κ2) is 7.67. The van der Waals surface area contributed by atoms with Crippen molar-refractivity contribution in [2.75, 3.05) is 17.7 Å². The first-order valence-electron chi connectivity index (χ1n) is 10.2. The smallest absolute Gasteiger partial charge is 0.310 e. The van der Waals surface area contributed by atoms with Crippen LogP contribution < -0.4 is 15.4 Å². The maximum Gasteiger partial charge on any atom is 0.310 e. The van der Waals surface area contributed by atoms with Gasteiger partial charge in [-0.2, -0.15) is 0 Å². The first-order valence-corrected chi connectivity index (χ1v) is 11.1. The van der Waals surface area contributed by atoms with Crippen molar-refractivity contribution in [3.05, 3.63) is 54.1 Å². The summed E-state index contributed by atoms with van der Waals surface area (Å²) in [7, 11) is 1.56. The molecule has 160 valence electrons. The van der Waals surface area contributed by atoms with Gasteiger partial charge in [-0.15, -0.1) is 0 Å². The van der Waals surface area contributed by atoms with Crippen molar-refractivity contribution in [2.24, 2.45) is 23.7 Å². The van der Waals surface area contributed by atoms with E-state index in [1.54, 1.807) is 55.6 Å². The van der Waals surface area contributed by atoms with Crippen LogP contribution in [0.5, 0.6) is 5.75 Å². The number of esters is 1. The lowest BCUT2D eigenvalue weighted by atomic mass is 9.79. The number of methoxy groups -OCH3 is 1. The molecule has 2 aromatic rings. The Kier molecular flexibility index (Phi) is 4.97. The Morgan fingerprint density at radius 1 is 1.06 bits per heavy atom. The van der Waals surface area contributed by atoms with Crippen molar-refractivity contribution in [3.63, 3.8) is 0 Å². The Morgan fingerprint density at radius 2 is 1.81 bits per heavy atom. The van der Waals surface area contributed by atoms with Gasteiger partial charge in [-0.1, -0.05) is 28.1 Å². The molecular weight excluding hydrogens is 464 g/mol. The molecule has 2 saturated carbocycles. The van der Waals surface area contributed by atoms with Gasteiger partial charge >= 0.3 is 5.97 Å². The molecule has 2 amide bonds. The monoisotopic (exact) mass is 484 g/mol. The Labute approximate surface area is 187 Å². The Hall–Kier alpha value is -2.87. The van der Waals surface area contributed by atoms with Gasteiger partial charge in [0.25, 0.3) is 5.91 Å². The van der Waals surface area contributed by atoms with Crippen molar-refractivity contribution in [2.45, 2.75) is 17.4 Å². The molecule has 1 heterocycles. The number of hydrogen-bond donors (Lipinski definition) is 2. The fourth-order valence-electron chi connectivity index (χ4n) is 5.20. The topological polar surface area (TPSA) is 93.7 Å². The minimum atomic E-state index is -0.421. The molecular formula is C23H21BrN2O5. The number of alkyl halides is 1. The SMILES string of the molecule is COc1cccc(NC(=O)c2cccc(NC(=O)[C@@H]3[C@H]4C[C@H]5[C@H](OC(=O)[C@H]53)[C@H]4Br)c2)c1. The van der Waals surface area contributed by atoms with Gasteiger partial charge in [0.1, 0.15) is 11.9 Å². The van der Waals surface area contributed by atoms with E-state index in [0.29, 0.717) is 22.7 Å². The Balaban J connectivity index is 1.30. The molecule has 2 bridgehead atoms. The molecule has 8 heteroatoms. The van der Waals surface area contributed by atoms with E-state index in [1.807, 2.05) is 0 Å². The van der Waals surface area contributed by atoms with E-state index >= 15 is 0 Å². The highest BCUT2D eigenvalue weighted by molar-refractivity contribution is 9.09. The van der Waals surface area contributed by atoms with Crippen LogP contribution in [0.1, 0.15) is 16.8 Å². The van der Waals surface area contributed by atoms with Crippen LogP contribution in [-0.2, 0) is 14.3 Å². The van der Waals surface area contributed by atoms with E-state index in [0.717, 1.165) is 6.42 Å². The molecule has 7 nitrogen and oxygen atoms in total. The van der Waals surface area contributed by atoms with Gasteiger partial charge in [0.2, 0.25) is 5.91 Å². The highest BCUT2D eigenvalue weighted by Gasteiger charge is 2.67. The van der Waals surface area contributed by atoms with Gasteiger partial charge in [-0.05, 0) is 42.7 Å². The number of amides is 2. The second-order valence-electron chi connectivity index (χ2n) is 8.22. The summed E-state index contributed by atoms with van der Waals surface area (Å²) in [6, 6.07) is 13.8. The molecule has 31 heavy (non-hydrogen) atoms. The van der Waals surface area contributed by atoms with Crippen LogP contribution in [-0.4, -0.2) is 35.8 Å². The summed E-state index contributed by atoms with van der Waals surface area (Å²) >= 11 is 3.62. The van der Waals surface area contributed by atoms with Crippen LogP contribution in [0.25, 0.3) is 0 Å². The first-order chi connectivity index (χ1) is 15.0. The van der Waals surface area contributed by atoms with Gasteiger partial charge in [0, 0.05) is 28.9 Å². The molecule has 2 aromatic carbocycles. The zero-order valence-electron chi connectivity index (χ0n) is 16.7. The number of rotatable bonds is 5. The number of anilines is 2. The molecule has 3 fully saturated rings. The summed E-state index contributed by atoms with van der Waals surface area (Å²) in [6.45, 7) is 0. The van der Waals surface area contributed by atoms with Crippen molar-refractivity contribution in [3.8, 4) is 5.75 Å². The normalized spacial score (nSPS) is 30.1. The molecule has 3 aliphatic rings. The highest BCUT2D eigenvalue weighted by atomic mass is 79.9. The molecule has 0 aromatic heterocycles. The lowest BCUT2D eigenvalue weighted by Gasteiger charge is -2.27. The predicted octanol–water partition coefficient (Wildman–Crippen LogP) is 3.46. The number of halogens is 1. The summed E-state index contributed by atoms with van der Waals surface area (Å²) in [5, 5.41) is 5.73. The molecule has 0 radical (unpaired) electrons. The summed E-state index contributed by atoms with van der Waals surface area (Å²) in [5.41, 5.74) is 1.53. The molecule has 1 aliphatic heterocycles. The summed E-state index contributed by atoms with van der Waals surface area (Å²) in [5.74, 6) is -0.744. The van der Waals surface area contributed by atoms with E-state index < -0.39 is 5.92 Å². The minimum Gasteiger partial charge on any atom is -0.497 e. The van der Waals surface area contributed by atoms with E-state index in [2.05, 4.69) is 26.6 Å². The van der Waals surface area contributed by atoms with E-state index in [4.69, 9.17) is 9.47 Å². The zero-order chi connectivity index (χ0) is 21.7. The predicted molar refractivity (Wildman–Crippen MR) is 117 cm³/mol. The van der Waals surface area contributed by atoms with E-state index in [1.165, 1.54) is 0 Å². The molecule has 2 aliphatic carbocycles. The third-order valence-corrected chi connectivity index (χ3v) is 7.75. The summed E-state index contributed by atoms with van der Waals surface area (Å²) < 4.78 is 10.7. The fourth-order valence-corrected chi connectivity index (χ4v) is 6.24. The van der Waals surface area contributed by atoms with Gasteiger partial charge < -0.3 is 20.1 Å². The molecule has 1 saturated heterocycles. The van der Waals surface area contributed by atoms with Crippen molar-refractivity contribution < 1.29 is 23.9 Å². The Morgan fingerprint density at radius 3 is 2.58 bits per heavy atom. The maximum atomic E-state index is 13.1. The van der Waals surface area contributed by atoms with Crippen molar-refractivity contribution >= 4 is 45.1 Å². The van der Waals surface area contributed by atoms with Crippen LogP contribution in [0.4, 0.5) is 11.4 Å². The second-order valence-corrected chi connectivity index (χ2v) is 9.27. The van der Waals surface area contributed by atoms with Gasteiger partial charge in [0.05, 0.1) is 23.8 Å². The standard InChI is InChI=1S/C23H21BrN2O5/c1-30-14-7-3-6-13(9-14)25-21(27)11-4-2-5-12(8-11)26-22(28)17-15-10-16-18(17)23(29)31-20(16)19(15)24/h2-9,15-20H,10H2,1H3,(H,25,27)(H,26,28)/t15-,16-,17-,18-,19+,20+/m1/s1. The van der Waals surface area contributed by atoms with E-state index in [9.17, 15) is 14.4 Å². The average Bonchev–Trinajstić information content (AvgIpc) is 3.38. The van der Waals surface area contributed by atoms with Crippen LogP contribution >= 0.6 is 15.9 Å². The minimum absolute atomic E-state index is 0.0101. The summed E-state index contributed by atoms with van der Waals surface area (Å²) in [6.07, 6.45) is 0.702. The van der Waals surface area contributed by atoms with E-state index in [-0.39, 0.29) is 46.5 Å². The molecule has 0 unspecified atom stereocenters. The quantitative estimate of drug-likeness (QED) is 0.500. The highest BCUT2D eigenvalue weighted by Crippen LogP contribution is 2.60. The summed E-state index contributed by atoms with van der Waals surface area (Å²) in [4.78, 5) is 38.0. The third-order valence-electron chi connectivity index (χ3n) is 6.55. The number of fused-ring (bicyclic) bond motifs is 1. The van der Waals surface area contributed by atoms with Crippen LogP contribution in [0.3, 0.4) is 0 Å². The number of benzene rings is 2. The van der Waals surface area contributed by atoms with Crippen molar-refractivity contribution in [1.82, 2.24) is 0 Å². The van der Waals surface area contributed by atoms with Crippen LogP contribution in [0, 0.1) is 23.7 Å². The molecule has 6 atom stereocenters. The molecule has 0 spiro atoms. The average molecular weight is 485 g/mol. The van der Waals surface area contributed by atoms with Crippen LogP contribution in [0.15, 0.2) is 48.5 Å². The number of carbonyl (C=O) groups is 3. The lowest BCUT2D eigenvalue weighted by molar-refractivity contribution is -0.145. The van der Waals surface area contributed by atoms with Crippen LogP contribution in [0.2, 0.25) is 0 Å². The number of hydrogen-bond acceptors (Lipinski definition) is 5. The largest absolute Gasteiger partial charge is 0.497 e. The number of carbonyl (C=O) groups excluding carboxylic acids is 3. The van der Waals surface area contributed by atoms with Gasteiger partial charge in [-0.25, -0.2) is 0 Å². The third kappa shape index (κ3) is 3.39. The number of nitrogens with one attached hydrogen (secondary N) is 2.